The highest BCUT2D eigenvalue weighted by atomic mass is 35.5. The number of halogens is 1. The van der Waals surface area contributed by atoms with Crippen LogP contribution in [0.3, 0.4) is 0 Å². The fraction of sp³-hybridized carbons (Fsp3) is 0.493. The number of para-hydroxylation sites is 2. The predicted molar refractivity (Wildman–Crippen MR) is 404 cm³/mol. The molecule has 14 amide bonds. The molecule has 0 unspecified atom stereocenters. The van der Waals surface area contributed by atoms with Gasteiger partial charge in [-0.2, -0.15) is 0 Å². The SMILES string of the molecule is CC(C)[C@H](N)C(=O)N[C@@H](C)C(=O)Nc1ccc(COc2cc3ccccc3nc2C(=O)N[C@@H]2CNC(=O)[C@H](C(C)C)N(C)C(=O)CN(C)C(=O)CNC(=O)[C@@H]3CCCCN3C(=O)[C@H](NC(=O)c3nc4ccccc4cc3O)CNC(=O)[C@H](C(C)C)N(C)C(=O)CN(C)C(=O)CNC(=O)[C@@H]3CCCCN3C2=O)cc1.Cl. The van der Waals surface area contributed by atoms with Crippen LogP contribution in [-0.4, -0.2) is 256 Å². The molecule has 3 aliphatic rings. The summed E-state index contributed by atoms with van der Waals surface area (Å²) in [5.74, 6) is -12.6. The lowest BCUT2D eigenvalue weighted by Gasteiger charge is -2.37. The normalized spacial score (nSPS) is 21.2. The minimum Gasteiger partial charge on any atom is -0.505 e. The summed E-state index contributed by atoms with van der Waals surface area (Å²) < 4.78 is 6.31. The standard InChI is InChI=1S/C75H99N17O16.ClH/c1-41(2)61(76)69(101)81-44(7)66(98)82-48-28-26-45(27-29-48)40-108-56-33-47-21-13-15-23-50(47)84-63(56)71(103)86-52-35-78-73(105)65(43(5)6)90(11)60(97)39-88(9)57(94)36-79-67(99)53-24-16-18-30-91(53)74(106)51(85-70(102)62-55(93)32-46-20-12-14-22-49(46)83-62)34-77-72(104)64(42(3)4)89(10)59(96)38-87(8)58(95)37-80-68(100)54-25-17-19-31-92(54)75(52)107;/h12-15,20-23,26-29,32-33,41-44,51-54,61,64-65,93H,16-19,24-25,30-31,34-40,76H2,1-11H3,(H,77,104)(H,78,105)(H,79,99)(H,80,100)(H,81,101)(H,82,98)(H,85,102)(H,86,103);1H/t44-,51+,52+,53-,54-,61-,64-,65-;/m0./s1. The molecule has 11 N–H and O–H groups in total. The molecule has 0 spiro atoms. The number of rotatable bonds is 14. The number of likely N-dealkylation sites (N-methyl/N-ethyl adjacent to an activating group) is 4. The van der Waals surface area contributed by atoms with Crippen molar-refractivity contribution in [3.05, 3.63) is 102 Å². The summed E-state index contributed by atoms with van der Waals surface area (Å²) in [6, 6.07) is 13.0. The quantitative estimate of drug-likeness (QED) is 0.0739. The van der Waals surface area contributed by atoms with Gasteiger partial charge in [-0.05, 0) is 105 Å². The van der Waals surface area contributed by atoms with Crippen LogP contribution in [-0.2, 0) is 64.1 Å². The van der Waals surface area contributed by atoms with Gasteiger partial charge in [-0.1, -0.05) is 90.1 Å². The zero-order valence-corrected chi connectivity index (χ0v) is 64.0. The maximum Gasteiger partial charge on any atom is 0.274 e. The third kappa shape index (κ3) is 21.8. The molecule has 5 aromatic rings. The van der Waals surface area contributed by atoms with Crippen LogP contribution in [0, 0.1) is 17.8 Å². The molecule has 3 saturated heterocycles. The number of nitrogens with two attached hydrogens (primary N) is 1. The van der Waals surface area contributed by atoms with E-state index in [1.165, 1.54) is 51.0 Å². The van der Waals surface area contributed by atoms with Crippen molar-refractivity contribution in [2.24, 2.45) is 23.5 Å². The van der Waals surface area contributed by atoms with Gasteiger partial charge in [0.05, 0.1) is 43.3 Å². The van der Waals surface area contributed by atoms with E-state index < -0.39 is 194 Å². The summed E-state index contributed by atoms with van der Waals surface area (Å²) in [6.45, 7) is 7.78. The molecule has 3 aliphatic heterocycles. The van der Waals surface area contributed by atoms with Crippen LogP contribution >= 0.6 is 12.4 Å². The molecule has 109 heavy (non-hydrogen) atoms. The lowest BCUT2D eigenvalue weighted by Crippen LogP contribution is -2.61. The number of nitrogens with zero attached hydrogens (tertiary/aromatic N) is 8. The first-order chi connectivity index (χ1) is 51.2. The largest absolute Gasteiger partial charge is 0.505 e. The van der Waals surface area contributed by atoms with E-state index in [4.69, 9.17) is 10.5 Å². The summed E-state index contributed by atoms with van der Waals surface area (Å²) in [5.41, 5.74) is 6.92. The number of hydrogen-bond acceptors (Lipinski definition) is 19. The number of hydrogen-bond donors (Lipinski definition) is 10. The van der Waals surface area contributed by atoms with Crippen molar-refractivity contribution >= 4 is 123 Å². The Kier molecular flexibility index (Phi) is 30.2. The highest BCUT2D eigenvalue weighted by molar-refractivity contribution is 6.04. The lowest BCUT2D eigenvalue weighted by molar-refractivity contribution is -0.146. The third-order valence-electron chi connectivity index (χ3n) is 19.4. The van der Waals surface area contributed by atoms with E-state index in [0.717, 1.165) is 19.6 Å². The van der Waals surface area contributed by atoms with Crippen LogP contribution in [0.25, 0.3) is 21.8 Å². The highest BCUT2D eigenvalue weighted by Gasteiger charge is 2.42. The van der Waals surface area contributed by atoms with Gasteiger partial charge < -0.3 is 87.5 Å². The minimum absolute atomic E-state index is 0. The number of aromatic hydroxyl groups is 1. The second kappa shape index (κ2) is 38.6. The average Bonchev–Trinajstić information content (AvgIpc) is 0.805. The minimum atomic E-state index is -1.66. The fourth-order valence-corrected chi connectivity index (χ4v) is 13.0. The topological polar surface area (TPSA) is 436 Å². The van der Waals surface area contributed by atoms with Crippen LogP contribution in [0.15, 0.2) is 84.9 Å². The van der Waals surface area contributed by atoms with Crippen molar-refractivity contribution in [1.82, 2.24) is 76.6 Å². The molecule has 0 aliphatic carbocycles. The summed E-state index contributed by atoms with van der Waals surface area (Å²) >= 11 is 0. The molecule has 8 atom stereocenters. The van der Waals surface area contributed by atoms with Crippen molar-refractivity contribution in [3.8, 4) is 11.5 Å². The molecular formula is C75H100ClN17O16. The van der Waals surface area contributed by atoms with Crippen molar-refractivity contribution in [3.63, 3.8) is 0 Å². The van der Waals surface area contributed by atoms with Crippen LogP contribution in [0.4, 0.5) is 5.69 Å². The number of anilines is 1. The Morgan fingerprint density at radius 3 is 1.46 bits per heavy atom. The molecular weight excluding hydrogens is 1430 g/mol. The maximum absolute atomic E-state index is 15.3. The van der Waals surface area contributed by atoms with Crippen LogP contribution in [0.1, 0.15) is 114 Å². The third-order valence-corrected chi connectivity index (χ3v) is 19.4. The number of fused-ring (bicyclic) bond motifs is 4. The van der Waals surface area contributed by atoms with Gasteiger partial charge in [0.15, 0.2) is 17.1 Å². The number of aromatic nitrogens is 2. The number of carbonyl (C=O) groups excluding carboxylic acids is 14. The Bertz CT molecular complexity index is 4220. The van der Waals surface area contributed by atoms with Crippen molar-refractivity contribution in [2.45, 2.75) is 142 Å². The zero-order chi connectivity index (χ0) is 79.0. The van der Waals surface area contributed by atoms with E-state index in [0.29, 0.717) is 58.7 Å². The van der Waals surface area contributed by atoms with E-state index in [-0.39, 0.29) is 62.3 Å². The van der Waals surface area contributed by atoms with Crippen molar-refractivity contribution in [1.29, 1.82) is 0 Å². The molecule has 3 fully saturated rings. The number of pyridine rings is 2. The first-order valence-corrected chi connectivity index (χ1v) is 36.1. The number of ether oxygens (including phenoxy) is 1. The zero-order valence-electron chi connectivity index (χ0n) is 63.2. The molecule has 5 heterocycles. The molecule has 8 rings (SSSR count). The van der Waals surface area contributed by atoms with Crippen molar-refractivity contribution < 1.29 is 77.0 Å². The van der Waals surface area contributed by atoms with Crippen LogP contribution in [0.2, 0.25) is 0 Å². The number of piperidine rings is 2. The summed E-state index contributed by atoms with van der Waals surface area (Å²) in [4.78, 5) is 215. The summed E-state index contributed by atoms with van der Waals surface area (Å²) in [6.07, 6.45) is 1.92. The van der Waals surface area contributed by atoms with Gasteiger partial charge in [-0.25, -0.2) is 9.97 Å². The Hall–Kier alpha value is -11.1. The van der Waals surface area contributed by atoms with Gasteiger partial charge >= 0.3 is 0 Å². The van der Waals surface area contributed by atoms with Crippen LogP contribution < -0.4 is 53.0 Å². The number of benzene rings is 3. The average molecular weight is 1530 g/mol. The molecule has 34 heteroatoms. The Balaban J connectivity index is 0.0000165. The smallest absolute Gasteiger partial charge is 0.274 e. The summed E-state index contributed by atoms with van der Waals surface area (Å²) in [5, 5.41) is 33.4. The Labute approximate surface area is 638 Å². The van der Waals surface area contributed by atoms with E-state index in [2.05, 4.69) is 52.5 Å². The van der Waals surface area contributed by atoms with Crippen LogP contribution in [0.5, 0.6) is 11.5 Å². The van der Waals surface area contributed by atoms with Gasteiger partial charge in [0.1, 0.15) is 54.6 Å². The number of carbonyl (C=O) groups is 14. The second-order valence-electron chi connectivity index (χ2n) is 28.5. The summed E-state index contributed by atoms with van der Waals surface area (Å²) in [7, 11) is 5.28. The van der Waals surface area contributed by atoms with Gasteiger partial charge in [-0.3, -0.25) is 67.1 Å². The van der Waals surface area contributed by atoms with Gasteiger partial charge in [0, 0.05) is 70.8 Å². The highest BCUT2D eigenvalue weighted by Crippen LogP contribution is 2.28. The molecule has 0 radical (unpaired) electrons. The van der Waals surface area contributed by atoms with Gasteiger partial charge in [0.25, 0.3) is 11.8 Å². The first kappa shape index (κ1) is 85.2. The Morgan fingerprint density at radius 1 is 0.560 bits per heavy atom. The Morgan fingerprint density at radius 2 is 1.00 bits per heavy atom. The van der Waals surface area contributed by atoms with Gasteiger partial charge in [0.2, 0.25) is 70.9 Å². The number of nitrogens with one attached hydrogen (secondary N) is 8. The molecule has 2 aromatic heterocycles. The first-order valence-electron chi connectivity index (χ1n) is 36.1. The molecule has 588 valence electrons. The van der Waals surface area contributed by atoms with E-state index in [1.54, 1.807) is 120 Å². The molecule has 33 nitrogen and oxygen atoms in total. The van der Waals surface area contributed by atoms with E-state index in [1.807, 2.05) is 0 Å². The number of amides is 14. The molecule has 0 bridgehead atoms. The van der Waals surface area contributed by atoms with Gasteiger partial charge in [-0.15, -0.1) is 12.4 Å². The maximum atomic E-state index is 15.3. The lowest BCUT2D eigenvalue weighted by atomic mass is 9.99. The van der Waals surface area contributed by atoms with Crippen molar-refractivity contribution in [2.75, 3.05) is 85.9 Å². The second-order valence-corrected chi connectivity index (χ2v) is 28.5. The molecule has 3 aromatic carbocycles. The monoisotopic (exact) mass is 1530 g/mol. The predicted octanol–water partition coefficient (Wildman–Crippen LogP) is 0.936. The molecule has 0 saturated carbocycles. The van der Waals surface area contributed by atoms with E-state index >= 15 is 9.59 Å². The van der Waals surface area contributed by atoms with E-state index in [9.17, 15) is 62.6 Å². The fourth-order valence-electron chi connectivity index (χ4n) is 13.0.